The largest absolute Gasteiger partial charge is 0.529 e. The Hall–Kier alpha value is -0.0600. The van der Waals surface area contributed by atoms with E-state index in [1.54, 1.807) is 0 Å². The van der Waals surface area contributed by atoms with Gasteiger partial charge in [-0.25, -0.2) is 4.52 Å². The van der Waals surface area contributed by atoms with Crippen LogP contribution in [-0.4, -0.2) is 17.4 Å². The molecule has 0 fully saturated rings. The van der Waals surface area contributed by atoms with E-state index in [1.165, 1.54) is 0 Å². The van der Waals surface area contributed by atoms with E-state index in [0.29, 0.717) is 0 Å². The molecule has 0 aliphatic carbocycles. The summed E-state index contributed by atoms with van der Waals surface area (Å²) in [6.45, 7) is 1.13. The van der Waals surface area contributed by atoms with E-state index in [0.717, 1.165) is 6.92 Å². The molecule has 0 rings (SSSR count). The van der Waals surface area contributed by atoms with Gasteiger partial charge in [0, 0.05) is 6.16 Å². The van der Waals surface area contributed by atoms with Crippen LogP contribution in [0.25, 0.3) is 0 Å². The van der Waals surface area contributed by atoms with Gasteiger partial charge in [0.2, 0.25) is 0 Å². The highest BCUT2D eigenvalue weighted by atomic mass is 31.2. The molecule has 3 nitrogen and oxygen atoms in total. The lowest BCUT2D eigenvalue weighted by atomic mass is 11.0. The van der Waals surface area contributed by atoms with Crippen molar-refractivity contribution >= 4 is 7.60 Å². The van der Waals surface area contributed by atoms with Gasteiger partial charge in [0.05, 0.1) is 0 Å². The third-order valence-corrected chi connectivity index (χ3v) is 1.94. The predicted octanol–water partition coefficient (Wildman–Crippen LogP) is 1.73. The van der Waals surface area contributed by atoms with Gasteiger partial charge in [-0.15, -0.1) is 13.2 Å². The first-order valence-corrected chi connectivity index (χ1v) is 4.12. The molecule has 7 heteroatoms. The van der Waals surface area contributed by atoms with Crippen LogP contribution >= 0.6 is 7.60 Å². The van der Waals surface area contributed by atoms with Gasteiger partial charge < -0.3 is 4.89 Å². The third-order valence-electron chi connectivity index (χ3n) is 0.646. The van der Waals surface area contributed by atoms with Crippen LogP contribution < -0.4 is 0 Å². The first-order valence-electron chi connectivity index (χ1n) is 2.36. The molecular formula is C3H6F3O3P. The van der Waals surface area contributed by atoms with Crippen LogP contribution in [0.2, 0.25) is 0 Å². The minimum absolute atomic E-state index is 0.549. The Morgan fingerprint density at radius 2 is 2.00 bits per heavy atom. The summed E-state index contributed by atoms with van der Waals surface area (Å²) in [5.41, 5.74) is 0. The average molecular weight is 178 g/mol. The molecule has 0 bridgehead atoms. The van der Waals surface area contributed by atoms with Crippen molar-refractivity contribution in [1.82, 2.24) is 0 Å². The molecule has 0 aromatic carbocycles. The van der Waals surface area contributed by atoms with Gasteiger partial charge in [-0.1, -0.05) is 6.92 Å². The molecule has 0 spiro atoms. The summed E-state index contributed by atoms with van der Waals surface area (Å²) in [5.74, 6) is 0. The summed E-state index contributed by atoms with van der Waals surface area (Å²) in [5, 5.41) is 0. The van der Waals surface area contributed by atoms with Crippen LogP contribution in [-0.2, 0) is 9.09 Å². The number of alkyl halides is 3. The number of hydrogen-bond acceptors (Lipinski definition) is 2. The molecule has 0 aliphatic heterocycles. The number of halogens is 3. The second-order valence-corrected chi connectivity index (χ2v) is 3.58. The predicted molar refractivity (Wildman–Crippen MR) is 27.5 cm³/mol. The molecule has 0 aliphatic rings. The average Bonchev–Trinajstić information content (AvgIpc) is 1.60. The molecule has 1 unspecified atom stereocenters. The van der Waals surface area contributed by atoms with Crippen molar-refractivity contribution in [2.24, 2.45) is 0 Å². The van der Waals surface area contributed by atoms with Crippen molar-refractivity contribution in [2.45, 2.75) is 13.3 Å². The van der Waals surface area contributed by atoms with Crippen molar-refractivity contribution in [3.05, 3.63) is 0 Å². The molecule has 0 aromatic heterocycles. The van der Waals surface area contributed by atoms with Crippen LogP contribution in [0, 0.1) is 0 Å². The molecule has 0 aromatic rings. The lowest BCUT2D eigenvalue weighted by Gasteiger charge is -2.10. The van der Waals surface area contributed by atoms with Crippen molar-refractivity contribution in [2.75, 3.05) is 6.16 Å². The van der Waals surface area contributed by atoms with Crippen LogP contribution in [0.3, 0.4) is 0 Å². The van der Waals surface area contributed by atoms with Crippen LogP contribution in [0.1, 0.15) is 6.92 Å². The van der Waals surface area contributed by atoms with Gasteiger partial charge in [-0.05, 0) is 0 Å². The molecule has 0 radical (unpaired) electrons. The van der Waals surface area contributed by atoms with Gasteiger partial charge in [-0.2, -0.15) is 0 Å². The summed E-state index contributed by atoms with van der Waals surface area (Å²) in [7, 11) is -4.42. The first kappa shape index (κ1) is 9.94. The van der Waals surface area contributed by atoms with E-state index in [4.69, 9.17) is 4.89 Å². The monoisotopic (exact) mass is 178 g/mol. The Balaban J connectivity index is 4.03. The highest BCUT2D eigenvalue weighted by Gasteiger charge is 2.38. The maximum Gasteiger partial charge on any atom is 0.529 e. The Bertz CT molecular complexity index is 154. The van der Waals surface area contributed by atoms with E-state index in [9.17, 15) is 17.7 Å². The minimum atomic E-state index is -5.03. The van der Waals surface area contributed by atoms with Crippen molar-refractivity contribution in [3.8, 4) is 0 Å². The van der Waals surface area contributed by atoms with E-state index in [2.05, 4.69) is 4.52 Å². The Labute approximate surface area is 55.3 Å². The summed E-state index contributed by atoms with van der Waals surface area (Å²) in [4.78, 5) is 8.27. The van der Waals surface area contributed by atoms with Gasteiger partial charge in [0.1, 0.15) is 0 Å². The lowest BCUT2D eigenvalue weighted by molar-refractivity contribution is -0.277. The summed E-state index contributed by atoms with van der Waals surface area (Å²) in [6.07, 6.45) is -5.58. The zero-order valence-corrected chi connectivity index (χ0v) is 5.95. The summed E-state index contributed by atoms with van der Waals surface area (Å²) < 4.78 is 46.6. The second-order valence-electron chi connectivity index (χ2n) is 1.49. The van der Waals surface area contributed by atoms with Gasteiger partial charge in [-0.3, -0.25) is 4.57 Å². The lowest BCUT2D eigenvalue weighted by Crippen LogP contribution is -2.11. The smallest absolute Gasteiger partial charge is 0.324 e. The third kappa shape index (κ3) is 4.78. The molecule has 0 amide bonds. The maximum absolute atomic E-state index is 11.2. The Morgan fingerprint density at radius 1 is 1.60 bits per heavy atom. The molecule has 1 N–H and O–H groups in total. The normalized spacial score (nSPS) is 18.5. The zero-order valence-electron chi connectivity index (χ0n) is 5.05. The quantitative estimate of drug-likeness (QED) is 0.655. The highest BCUT2D eigenvalue weighted by Crippen LogP contribution is 2.46. The first-order chi connectivity index (χ1) is 4.27. The molecule has 0 heterocycles. The van der Waals surface area contributed by atoms with Crippen LogP contribution in [0.4, 0.5) is 13.2 Å². The standard InChI is InChI=1S/C3H6F3O3P/c1-2-10(7,8)9-3(4,5)6/h2H2,1H3,(H,7,8). The van der Waals surface area contributed by atoms with Gasteiger partial charge >= 0.3 is 14.0 Å². The topological polar surface area (TPSA) is 46.5 Å². The van der Waals surface area contributed by atoms with Crippen molar-refractivity contribution in [1.29, 1.82) is 0 Å². The highest BCUT2D eigenvalue weighted by molar-refractivity contribution is 7.52. The number of rotatable bonds is 2. The van der Waals surface area contributed by atoms with Gasteiger partial charge in [0.15, 0.2) is 0 Å². The van der Waals surface area contributed by atoms with Crippen molar-refractivity contribution in [3.63, 3.8) is 0 Å². The number of hydrogen-bond donors (Lipinski definition) is 1. The minimum Gasteiger partial charge on any atom is -0.324 e. The van der Waals surface area contributed by atoms with Crippen LogP contribution in [0.15, 0.2) is 0 Å². The van der Waals surface area contributed by atoms with E-state index >= 15 is 0 Å². The zero-order chi connectivity index (χ0) is 8.41. The van der Waals surface area contributed by atoms with E-state index in [1.807, 2.05) is 0 Å². The van der Waals surface area contributed by atoms with Gasteiger partial charge in [0.25, 0.3) is 0 Å². The van der Waals surface area contributed by atoms with E-state index < -0.39 is 20.1 Å². The SMILES string of the molecule is CCP(=O)(O)OC(F)(F)F. The van der Waals surface area contributed by atoms with E-state index in [-0.39, 0.29) is 0 Å². The van der Waals surface area contributed by atoms with Crippen LogP contribution in [0.5, 0.6) is 0 Å². The Kier molecular flexibility index (Phi) is 2.88. The Morgan fingerprint density at radius 3 is 2.10 bits per heavy atom. The molecule has 0 saturated heterocycles. The maximum atomic E-state index is 11.2. The molecule has 0 saturated carbocycles. The fourth-order valence-electron chi connectivity index (χ4n) is 0.226. The summed E-state index contributed by atoms with van der Waals surface area (Å²) >= 11 is 0. The van der Waals surface area contributed by atoms with Crippen molar-refractivity contribution < 1.29 is 27.2 Å². The fraction of sp³-hybridized carbons (Fsp3) is 1.00. The second kappa shape index (κ2) is 2.90. The fourth-order valence-corrected chi connectivity index (χ4v) is 0.679. The molecule has 62 valence electrons. The molecule has 1 atom stereocenters. The molecule has 10 heavy (non-hydrogen) atoms. The summed E-state index contributed by atoms with van der Waals surface area (Å²) in [6, 6.07) is 0. The molecular weight excluding hydrogens is 172 g/mol.